The smallest absolute Gasteiger partial charge is 0.337 e. The van der Waals surface area contributed by atoms with Crippen molar-refractivity contribution in [1.29, 1.82) is 0 Å². The van der Waals surface area contributed by atoms with Gasteiger partial charge in [0.25, 0.3) is 0 Å². The van der Waals surface area contributed by atoms with E-state index in [1.165, 1.54) is 12.3 Å². The van der Waals surface area contributed by atoms with E-state index in [0.717, 1.165) is 0 Å². The van der Waals surface area contributed by atoms with Gasteiger partial charge < -0.3 is 10.8 Å². The summed E-state index contributed by atoms with van der Waals surface area (Å²) in [6.45, 7) is 0. The van der Waals surface area contributed by atoms with Crippen LogP contribution in [-0.4, -0.2) is 21.0 Å². The topological polar surface area (TPSA) is 89.1 Å². The minimum absolute atomic E-state index is 0.107. The third-order valence-corrected chi connectivity index (χ3v) is 1.81. The Morgan fingerprint density at radius 2 is 2.14 bits per heavy atom. The highest BCUT2D eigenvalue weighted by molar-refractivity contribution is 5.91. The van der Waals surface area contributed by atoms with Gasteiger partial charge in [-0.05, 0) is 18.2 Å². The van der Waals surface area contributed by atoms with Crippen molar-refractivity contribution in [1.82, 2.24) is 9.97 Å². The van der Waals surface area contributed by atoms with Crippen LogP contribution in [0.1, 0.15) is 10.4 Å². The molecular weight excluding hydrogens is 182 g/mol. The molecule has 0 saturated heterocycles. The SMILES string of the molecule is Nc1ccc2ncc(C(=O)O)cc2n1. The number of nitrogens with two attached hydrogens (primary N) is 1. The van der Waals surface area contributed by atoms with Gasteiger partial charge in [-0.15, -0.1) is 0 Å². The summed E-state index contributed by atoms with van der Waals surface area (Å²) in [4.78, 5) is 18.5. The summed E-state index contributed by atoms with van der Waals surface area (Å²) >= 11 is 0. The molecule has 0 bridgehead atoms. The molecule has 0 atom stereocenters. The van der Waals surface area contributed by atoms with Crippen molar-refractivity contribution in [2.24, 2.45) is 0 Å². The average molecular weight is 189 g/mol. The lowest BCUT2D eigenvalue weighted by atomic mass is 10.2. The highest BCUT2D eigenvalue weighted by Crippen LogP contribution is 2.12. The molecule has 0 unspecified atom stereocenters. The first-order valence-corrected chi connectivity index (χ1v) is 3.92. The maximum Gasteiger partial charge on any atom is 0.337 e. The molecule has 0 aliphatic heterocycles. The molecule has 70 valence electrons. The van der Waals surface area contributed by atoms with Crippen molar-refractivity contribution >= 4 is 22.8 Å². The van der Waals surface area contributed by atoms with Gasteiger partial charge in [0.1, 0.15) is 5.82 Å². The molecule has 2 rings (SSSR count). The third-order valence-electron chi connectivity index (χ3n) is 1.81. The van der Waals surface area contributed by atoms with E-state index in [4.69, 9.17) is 10.8 Å². The molecule has 0 aliphatic carbocycles. The highest BCUT2D eigenvalue weighted by Gasteiger charge is 2.05. The summed E-state index contributed by atoms with van der Waals surface area (Å²) in [5.74, 6) is -0.675. The summed E-state index contributed by atoms with van der Waals surface area (Å²) in [7, 11) is 0. The molecule has 5 nitrogen and oxygen atoms in total. The fourth-order valence-electron chi connectivity index (χ4n) is 1.14. The Kier molecular flexibility index (Phi) is 1.78. The van der Waals surface area contributed by atoms with Crippen LogP contribution in [0.25, 0.3) is 11.0 Å². The fourth-order valence-corrected chi connectivity index (χ4v) is 1.14. The van der Waals surface area contributed by atoms with E-state index in [1.807, 2.05) is 0 Å². The maximum atomic E-state index is 10.6. The molecule has 0 aromatic carbocycles. The van der Waals surface area contributed by atoms with Gasteiger partial charge in [-0.2, -0.15) is 0 Å². The Morgan fingerprint density at radius 1 is 1.36 bits per heavy atom. The fraction of sp³-hybridized carbons (Fsp3) is 0. The number of pyridine rings is 2. The summed E-state index contributed by atoms with van der Waals surface area (Å²) in [5, 5.41) is 8.71. The molecule has 5 heteroatoms. The monoisotopic (exact) mass is 189 g/mol. The number of aromatic nitrogens is 2. The molecule has 2 heterocycles. The second-order valence-corrected chi connectivity index (χ2v) is 2.80. The molecule has 2 aromatic heterocycles. The number of carbonyl (C=O) groups is 1. The van der Waals surface area contributed by atoms with Crippen LogP contribution in [0, 0.1) is 0 Å². The number of hydrogen-bond acceptors (Lipinski definition) is 4. The number of rotatable bonds is 1. The quantitative estimate of drug-likeness (QED) is 0.695. The largest absolute Gasteiger partial charge is 0.478 e. The molecule has 0 saturated carbocycles. The van der Waals surface area contributed by atoms with Gasteiger partial charge in [-0.25, -0.2) is 9.78 Å². The molecule has 0 amide bonds. The normalized spacial score (nSPS) is 10.3. The lowest BCUT2D eigenvalue weighted by Gasteiger charge is -1.98. The summed E-state index contributed by atoms with van der Waals surface area (Å²) < 4.78 is 0. The van der Waals surface area contributed by atoms with Gasteiger partial charge in [-0.1, -0.05) is 0 Å². The van der Waals surface area contributed by atoms with E-state index in [2.05, 4.69) is 9.97 Å². The van der Waals surface area contributed by atoms with E-state index in [1.54, 1.807) is 12.1 Å². The van der Waals surface area contributed by atoms with Crippen LogP contribution in [-0.2, 0) is 0 Å². The molecule has 0 aliphatic rings. The molecule has 14 heavy (non-hydrogen) atoms. The summed E-state index contributed by atoms with van der Waals surface area (Å²) in [6.07, 6.45) is 1.29. The van der Waals surface area contributed by atoms with Crippen molar-refractivity contribution in [3.8, 4) is 0 Å². The Hall–Kier alpha value is -2.17. The predicted molar refractivity (Wildman–Crippen MR) is 50.9 cm³/mol. The number of carboxylic acid groups (broad SMARTS) is 1. The number of fused-ring (bicyclic) bond motifs is 1. The van der Waals surface area contributed by atoms with E-state index >= 15 is 0 Å². The van der Waals surface area contributed by atoms with Crippen molar-refractivity contribution in [3.05, 3.63) is 30.0 Å². The van der Waals surface area contributed by atoms with Gasteiger partial charge >= 0.3 is 5.97 Å². The lowest BCUT2D eigenvalue weighted by molar-refractivity contribution is 0.0696. The van der Waals surface area contributed by atoms with E-state index < -0.39 is 5.97 Å². The maximum absolute atomic E-state index is 10.6. The number of nitrogens with zero attached hydrogens (tertiary/aromatic N) is 2. The van der Waals surface area contributed by atoms with Gasteiger partial charge in [0.15, 0.2) is 0 Å². The first-order chi connectivity index (χ1) is 6.66. The van der Waals surface area contributed by atoms with Crippen LogP contribution in [0.3, 0.4) is 0 Å². The molecular formula is C9H7N3O2. The van der Waals surface area contributed by atoms with E-state index in [-0.39, 0.29) is 5.56 Å². The first-order valence-electron chi connectivity index (χ1n) is 3.92. The summed E-state index contributed by atoms with van der Waals surface area (Å²) in [6, 6.07) is 4.76. The standard InChI is InChI=1S/C9H7N3O2/c10-8-2-1-6-7(12-8)3-5(4-11-6)9(13)14/h1-4H,(H2,10,12)(H,13,14). The average Bonchev–Trinajstić information content (AvgIpc) is 2.16. The van der Waals surface area contributed by atoms with Crippen LogP contribution in [0.15, 0.2) is 24.4 Å². The van der Waals surface area contributed by atoms with Crippen LogP contribution in [0.5, 0.6) is 0 Å². The van der Waals surface area contributed by atoms with Crippen molar-refractivity contribution < 1.29 is 9.90 Å². The second kappa shape index (κ2) is 2.95. The molecule has 0 radical (unpaired) electrons. The second-order valence-electron chi connectivity index (χ2n) is 2.80. The Balaban J connectivity index is 2.69. The predicted octanol–water partition coefficient (Wildman–Crippen LogP) is 0.910. The number of aromatic carboxylic acids is 1. The van der Waals surface area contributed by atoms with Crippen LogP contribution >= 0.6 is 0 Å². The highest BCUT2D eigenvalue weighted by atomic mass is 16.4. The molecule has 2 aromatic rings. The number of hydrogen-bond donors (Lipinski definition) is 2. The Morgan fingerprint density at radius 3 is 2.86 bits per heavy atom. The van der Waals surface area contributed by atoms with Gasteiger partial charge in [0.2, 0.25) is 0 Å². The number of anilines is 1. The number of carboxylic acids is 1. The Labute approximate surface area is 79.2 Å². The van der Waals surface area contributed by atoms with Crippen LogP contribution < -0.4 is 5.73 Å². The van der Waals surface area contributed by atoms with Crippen molar-refractivity contribution in [3.63, 3.8) is 0 Å². The molecule has 3 N–H and O–H groups in total. The first kappa shape index (κ1) is 8.43. The minimum atomic E-state index is -1.02. The third kappa shape index (κ3) is 1.35. The van der Waals surface area contributed by atoms with E-state index in [9.17, 15) is 4.79 Å². The zero-order valence-electron chi connectivity index (χ0n) is 7.14. The van der Waals surface area contributed by atoms with Crippen LogP contribution in [0.2, 0.25) is 0 Å². The number of nitrogen functional groups attached to an aromatic ring is 1. The van der Waals surface area contributed by atoms with Crippen LogP contribution in [0.4, 0.5) is 5.82 Å². The van der Waals surface area contributed by atoms with E-state index in [0.29, 0.717) is 16.9 Å². The van der Waals surface area contributed by atoms with Crippen molar-refractivity contribution in [2.75, 3.05) is 5.73 Å². The van der Waals surface area contributed by atoms with Gasteiger partial charge in [-0.3, -0.25) is 4.98 Å². The zero-order chi connectivity index (χ0) is 10.1. The summed E-state index contributed by atoms with van der Waals surface area (Å²) in [5.41, 5.74) is 6.69. The Bertz CT molecular complexity index is 510. The lowest BCUT2D eigenvalue weighted by Crippen LogP contribution is -1.98. The zero-order valence-corrected chi connectivity index (χ0v) is 7.14. The molecule has 0 spiro atoms. The minimum Gasteiger partial charge on any atom is -0.478 e. The van der Waals surface area contributed by atoms with Crippen molar-refractivity contribution in [2.45, 2.75) is 0 Å². The van der Waals surface area contributed by atoms with Gasteiger partial charge in [0.05, 0.1) is 16.6 Å². The molecule has 0 fully saturated rings. The van der Waals surface area contributed by atoms with Gasteiger partial charge in [0, 0.05) is 6.20 Å².